The summed E-state index contributed by atoms with van der Waals surface area (Å²) in [5.41, 5.74) is 2.48. The highest BCUT2D eigenvalue weighted by Gasteiger charge is 2.21. The Hall–Kier alpha value is -2.80. The third-order valence-corrected chi connectivity index (χ3v) is 4.62. The molecule has 1 N–H and O–H groups in total. The number of ether oxygens (including phenoxy) is 3. The Morgan fingerprint density at radius 2 is 2.23 bits per heavy atom. The van der Waals surface area contributed by atoms with Crippen molar-refractivity contribution in [3.8, 4) is 22.8 Å². The average molecular weight is 354 g/mol. The van der Waals surface area contributed by atoms with E-state index < -0.39 is 0 Å². The number of nitrogens with one attached hydrogen (secondary N) is 1. The van der Waals surface area contributed by atoms with E-state index in [0.29, 0.717) is 5.75 Å². The highest BCUT2D eigenvalue weighted by atomic mass is 16.5. The predicted octanol–water partition coefficient (Wildman–Crippen LogP) is 3.00. The zero-order valence-electron chi connectivity index (χ0n) is 14.9. The van der Waals surface area contributed by atoms with Crippen LogP contribution < -0.4 is 14.8 Å². The molecule has 1 saturated heterocycles. The van der Waals surface area contributed by atoms with Gasteiger partial charge in [-0.15, -0.1) is 0 Å². The van der Waals surface area contributed by atoms with Crippen molar-refractivity contribution in [2.24, 2.45) is 0 Å². The van der Waals surface area contributed by atoms with E-state index in [1.807, 2.05) is 28.8 Å². The maximum atomic E-state index is 5.74. The second-order valence-corrected chi connectivity index (χ2v) is 6.20. The molecule has 136 valence electrons. The zero-order chi connectivity index (χ0) is 17.9. The topological polar surface area (TPSA) is 69.9 Å². The molecule has 7 heteroatoms. The minimum atomic E-state index is 0.230. The standard InChI is InChI=1S/C19H22N4O3/c1-24-13-5-6-15(16(10-13)25-2)18-19(21-11-14-4-3-9-26-14)23-8-7-20-12-17(23)22-18/h5-8,10,12,14,21H,3-4,9,11H2,1-2H3/t14-/m1/s1. The number of hydrogen-bond donors (Lipinski definition) is 1. The molecule has 1 aromatic carbocycles. The molecule has 0 unspecified atom stereocenters. The molecule has 0 radical (unpaired) electrons. The summed E-state index contributed by atoms with van der Waals surface area (Å²) in [6.07, 6.45) is 7.82. The van der Waals surface area contributed by atoms with Gasteiger partial charge in [-0.2, -0.15) is 0 Å². The van der Waals surface area contributed by atoms with Crippen LogP contribution in [0.4, 0.5) is 5.82 Å². The van der Waals surface area contributed by atoms with Gasteiger partial charge >= 0.3 is 0 Å². The highest BCUT2D eigenvalue weighted by Crippen LogP contribution is 2.37. The van der Waals surface area contributed by atoms with Crippen LogP contribution in [0.5, 0.6) is 11.5 Å². The summed E-state index contributed by atoms with van der Waals surface area (Å²) in [4.78, 5) is 8.95. The fourth-order valence-electron chi connectivity index (χ4n) is 3.27. The van der Waals surface area contributed by atoms with E-state index in [2.05, 4.69) is 10.3 Å². The second kappa shape index (κ2) is 7.21. The first kappa shape index (κ1) is 16.7. The lowest BCUT2D eigenvalue weighted by molar-refractivity contribution is 0.120. The van der Waals surface area contributed by atoms with E-state index in [0.717, 1.165) is 54.5 Å². The summed E-state index contributed by atoms with van der Waals surface area (Å²) >= 11 is 0. The van der Waals surface area contributed by atoms with Gasteiger partial charge < -0.3 is 19.5 Å². The summed E-state index contributed by atoms with van der Waals surface area (Å²) < 4.78 is 18.6. The van der Waals surface area contributed by atoms with Gasteiger partial charge in [0.25, 0.3) is 0 Å². The summed E-state index contributed by atoms with van der Waals surface area (Å²) in [6.45, 7) is 1.57. The maximum absolute atomic E-state index is 5.74. The molecule has 4 rings (SSSR count). The van der Waals surface area contributed by atoms with Crippen LogP contribution in [0.15, 0.2) is 36.8 Å². The first-order valence-electron chi connectivity index (χ1n) is 8.70. The smallest absolute Gasteiger partial charge is 0.157 e. The van der Waals surface area contributed by atoms with Crippen molar-refractivity contribution in [3.05, 3.63) is 36.8 Å². The molecule has 26 heavy (non-hydrogen) atoms. The average Bonchev–Trinajstić information content (AvgIpc) is 3.33. The molecule has 0 spiro atoms. The van der Waals surface area contributed by atoms with Crippen LogP contribution in [-0.4, -0.2) is 47.8 Å². The van der Waals surface area contributed by atoms with Gasteiger partial charge in [0.15, 0.2) is 5.65 Å². The van der Waals surface area contributed by atoms with Gasteiger partial charge in [-0.1, -0.05) is 0 Å². The number of methoxy groups -OCH3 is 2. The van der Waals surface area contributed by atoms with E-state index in [-0.39, 0.29) is 6.10 Å². The van der Waals surface area contributed by atoms with Crippen molar-refractivity contribution < 1.29 is 14.2 Å². The molecular formula is C19H22N4O3. The number of benzene rings is 1. The normalized spacial score (nSPS) is 16.8. The van der Waals surface area contributed by atoms with E-state index in [1.165, 1.54) is 0 Å². The maximum Gasteiger partial charge on any atom is 0.157 e. The van der Waals surface area contributed by atoms with E-state index in [4.69, 9.17) is 19.2 Å². The molecule has 3 heterocycles. The van der Waals surface area contributed by atoms with Gasteiger partial charge in [-0.05, 0) is 25.0 Å². The molecule has 2 aromatic heterocycles. The van der Waals surface area contributed by atoms with Gasteiger partial charge in [-0.3, -0.25) is 9.38 Å². The van der Waals surface area contributed by atoms with Crippen molar-refractivity contribution in [2.45, 2.75) is 18.9 Å². The van der Waals surface area contributed by atoms with Gasteiger partial charge in [0.05, 0.1) is 26.5 Å². The Kier molecular flexibility index (Phi) is 4.62. The monoisotopic (exact) mass is 354 g/mol. The molecule has 1 fully saturated rings. The summed E-state index contributed by atoms with van der Waals surface area (Å²) in [5.74, 6) is 2.35. The van der Waals surface area contributed by atoms with Crippen LogP contribution in [0.1, 0.15) is 12.8 Å². The fraction of sp³-hybridized carbons (Fsp3) is 0.368. The van der Waals surface area contributed by atoms with Crippen LogP contribution in [0.3, 0.4) is 0 Å². The molecule has 0 aliphatic carbocycles. The van der Waals surface area contributed by atoms with Crippen molar-refractivity contribution in [1.29, 1.82) is 0 Å². The van der Waals surface area contributed by atoms with E-state index >= 15 is 0 Å². The quantitative estimate of drug-likeness (QED) is 0.734. The molecule has 0 bridgehead atoms. The van der Waals surface area contributed by atoms with Crippen LogP contribution >= 0.6 is 0 Å². The predicted molar refractivity (Wildman–Crippen MR) is 99.0 cm³/mol. The Balaban J connectivity index is 1.77. The summed E-state index contributed by atoms with van der Waals surface area (Å²) in [5, 5.41) is 3.52. The number of imidazole rings is 1. The lowest BCUT2D eigenvalue weighted by Gasteiger charge is -2.14. The Morgan fingerprint density at radius 3 is 3.00 bits per heavy atom. The van der Waals surface area contributed by atoms with Crippen LogP contribution in [0.2, 0.25) is 0 Å². The molecule has 0 saturated carbocycles. The summed E-state index contributed by atoms with van der Waals surface area (Å²) in [7, 11) is 3.29. The minimum Gasteiger partial charge on any atom is -0.497 e. The number of aromatic nitrogens is 3. The number of nitrogens with zero attached hydrogens (tertiary/aromatic N) is 3. The van der Waals surface area contributed by atoms with Gasteiger partial charge in [0.2, 0.25) is 0 Å². The lowest BCUT2D eigenvalue weighted by Crippen LogP contribution is -2.19. The van der Waals surface area contributed by atoms with Gasteiger partial charge in [-0.25, -0.2) is 4.98 Å². The third kappa shape index (κ3) is 3.06. The highest BCUT2D eigenvalue weighted by molar-refractivity contribution is 5.80. The molecule has 3 aromatic rings. The molecular weight excluding hydrogens is 332 g/mol. The Morgan fingerprint density at radius 1 is 1.31 bits per heavy atom. The van der Waals surface area contributed by atoms with Crippen LogP contribution in [0.25, 0.3) is 16.9 Å². The van der Waals surface area contributed by atoms with Crippen molar-refractivity contribution >= 4 is 11.5 Å². The van der Waals surface area contributed by atoms with Crippen molar-refractivity contribution in [3.63, 3.8) is 0 Å². The third-order valence-electron chi connectivity index (χ3n) is 4.62. The van der Waals surface area contributed by atoms with Crippen LogP contribution in [-0.2, 0) is 4.74 Å². The first-order chi connectivity index (χ1) is 12.8. The lowest BCUT2D eigenvalue weighted by atomic mass is 10.1. The van der Waals surface area contributed by atoms with E-state index in [9.17, 15) is 0 Å². The van der Waals surface area contributed by atoms with Crippen LogP contribution in [0, 0.1) is 0 Å². The molecule has 0 amide bonds. The largest absolute Gasteiger partial charge is 0.497 e. The molecule has 1 aliphatic rings. The molecule has 7 nitrogen and oxygen atoms in total. The first-order valence-corrected chi connectivity index (χ1v) is 8.70. The SMILES string of the molecule is COc1ccc(-c2nc3cnccn3c2NC[C@H]2CCCO2)c(OC)c1. The zero-order valence-corrected chi connectivity index (χ0v) is 14.9. The van der Waals surface area contributed by atoms with Gasteiger partial charge in [0, 0.05) is 37.2 Å². The number of anilines is 1. The van der Waals surface area contributed by atoms with Crippen molar-refractivity contribution in [1.82, 2.24) is 14.4 Å². The Labute approximate surface area is 151 Å². The summed E-state index contributed by atoms with van der Waals surface area (Å²) in [6, 6.07) is 5.73. The van der Waals surface area contributed by atoms with Crippen molar-refractivity contribution in [2.75, 3.05) is 32.7 Å². The van der Waals surface area contributed by atoms with Gasteiger partial charge in [0.1, 0.15) is 23.0 Å². The fourth-order valence-corrected chi connectivity index (χ4v) is 3.27. The number of fused-ring (bicyclic) bond motifs is 1. The van der Waals surface area contributed by atoms with E-state index in [1.54, 1.807) is 26.6 Å². The number of rotatable bonds is 6. The minimum absolute atomic E-state index is 0.230. The second-order valence-electron chi connectivity index (χ2n) is 6.20. The molecule has 1 aliphatic heterocycles. The number of hydrogen-bond acceptors (Lipinski definition) is 6. The molecule has 1 atom stereocenters. The Bertz CT molecular complexity index is 903.